The van der Waals surface area contributed by atoms with E-state index in [9.17, 15) is 22.8 Å². The highest BCUT2D eigenvalue weighted by Crippen LogP contribution is 2.44. The molecule has 1 fully saturated rings. The van der Waals surface area contributed by atoms with Gasteiger partial charge in [0.15, 0.2) is 11.5 Å². The smallest absolute Gasteiger partial charge is 0.435 e. The number of pyridine rings is 1. The van der Waals surface area contributed by atoms with Crippen molar-refractivity contribution in [2.45, 2.75) is 58.8 Å². The van der Waals surface area contributed by atoms with Crippen LogP contribution in [0, 0.1) is 19.8 Å². The summed E-state index contributed by atoms with van der Waals surface area (Å²) in [7, 11) is 3.17. The first-order chi connectivity index (χ1) is 23.3. The van der Waals surface area contributed by atoms with Gasteiger partial charge in [-0.2, -0.15) is 18.3 Å². The van der Waals surface area contributed by atoms with E-state index in [2.05, 4.69) is 15.0 Å². The van der Waals surface area contributed by atoms with E-state index in [-0.39, 0.29) is 53.4 Å². The standard InChI is InChI=1S/C35H40F3N7O4/c1-6-7-10-48-34(47)43(5)26-17-45(18-26)30-12-21(2)11-25(40-30)15-24-20-49-32-27(29-19-42(4)41-33(29)35(36,37)38)13-23(14-28(32)31(24)46)16-44-9-8-39-22(44)3/h8-9,11-14,19,24,26H,6-7,10,15-18,20H2,1-5H3/t24-/m1/s1. The van der Waals surface area contributed by atoms with Gasteiger partial charge in [0.1, 0.15) is 17.4 Å². The van der Waals surface area contributed by atoms with Crippen molar-refractivity contribution in [1.82, 2.24) is 29.2 Å². The van der Waals surface area contributed by atoms with Crippen LogP contribution in [0.1, 0.15) is 58.5 Å². The molecule has 0 unspecified atom stereocenters. The van der Waals surface area contributed by atoms with Crippen molar-refractivity contribution in [2.75, 3.05) is 38.3 Å². The number of hydrogen-bond donors (Lipinski definition) is 0. The summed E-state index contributed by atoms with van der Waals surface area (Å²) in [5, 5.41) is 3.69. The fourth-order valence-electron chi connectivity index (χ4n) is 6.29. The molecule has 14 heteroatoms. The number of ketones is 1. The van der Waals surface area contributed by atoms with Crippen LogP contribution >= 0.6 is 0 Å². The molecule has 3 aromatic heterocycles. The molecule has 5 heterocycles. The molecular formula is C35H40F3N7O4. The number of ether oxygens (including phenoxy) is 2. The summed E-state index contributed by atoms with van der Waals surface area (Å²) >= 11 is 0. The first-order valence-corrected chi connectivity index (χ1v) is 16.4. The van der Waals surface area contributed by atoms with Gasteiger partial charge in [-0.05, 0) is 55.7 Å². The zero-order valence-electron chi connectivity index (χ0n) is 28.3. The lowest BCUT2D eigenvalue weighted by molar-refractivity contribution is -0.141. The Morgan fingerprint density at radius 3 is 2.57 bits per heavy atom. The van der Waals surface area contributed by atoms with E-state index >= 15 is 0 Å². The molecule has 49 heavy (non-hydrogen) atoms. The Bertz CT molecular complexity index is 1860. The number of alkyl halides is 3. The van der Waals surface area contributed by atoms with E-state index in [0.29, 0.717) is 37.5 Å². The average molecular weight is 680 g/mol. The maximum absolute atomic E-state index is 14.1. The zero-order valence-corrected chi connectivity index (χ0v) is 28.3. The molecule has 4 aromatic rings. The Labute approximate surface area is 282 Å². The molecule has 1 saturated heterocycles. The molecule has 0 aliphatic carbocycles. The van der Waals surface area contributed by atoms with E-state index in [1.54, 1.807) is 36.5 Å². The number of aryl methyl sites for hydroxylation is 3. The van der Waals surface area contributed by atoms with Crippen molar-refractivity contribution < 1.29 is 32.2 Å². The summed E-state index contributed by atoms with van der Waals surface area (Å²) in [4.78, 5) is 39.3. The fraction of sp³-hybridized carbons (Fsp3) is 0.457. The zero-order chi connectivity index (χ0) is 35.0. The highest BCUT2D eigenvalue weighted by Gasteiger charge is 2.40. The highest BCUT2D eigenvalue weighted by atomic mass is 19.4. The SMILES string of the molecule is CCCCOC(=O)N(C)C1CN(c2cc(C)cc(C[C@@H]3COc4c(cc(Cn5ccnc5C)cc4-c4cn(C)nc4C(F)(F)F)C3=O)n2)C1. The molecule has 1 atom stereocenters. The van der Waals surface area contributed by atoms with E-state index in [1.165, 1.54) is 13.2 Å². The van der Waals surface area contributed by atoms with Crippen LogP contribution in [-0.4, -0.2) is 80.5 Å². The lowest BCUT2D eigenvalue weighted by Gasteiger charge is -2.44. The topological polar surface area (TPSA) is 108 Å². The Morgan fingerprint density at radius 1 is 1.12 bits per heavy atom. The van der Waals surface area contributed by atoms with Gasteiger partial charge in [0.25, 0.3) is 0 Å². The number of imidazole rings is 1. The van der Waals surface area contributed by atoms with Gasteiger partial charge in [0.05, 0.1) is 30.7 Å². The number of anilines is 1. The lowest BCUT2D eigenvalue weighted by atomic mass is 9.87. The van der Waals surface area contributed by atoms with E-state index in [1.807, 2.05) is 37.5 Å². The summed E-state index contributed by atoms with van der Waals surface area (Å²) in [6, 6.07) is 7.23. The van der Waals surface area contributed by atoms with Crippen LogP contribution in [0.4, 0.5) is 23.8 Å². The number of carbonyl (C=O) groups is 2. The maximum Gasteiger partial charge on any atom is 0.435 e. The van der Waals surface area contributed by atoms with Crippen LogP contribution in [0.5, 0.6) is 5.75 Å². The number of likely N-dealkylation sites (N-methyl/N-ethyl adjacent to an activating group) is 1. The first-order valence-electron chi connectivity index (χ1n) is 16.4. The quantitative estimate of drug-likeness (QED) is 0.192. The van der Waals surface area contributed by atoms with Gasteiger partial charge >= 0.3 is 12.3 Å². The number of hydrogen-bond acceptors (Lipinski definition) is 8. The Hall–Kier alpha value is -4.88. The van der Waals surface area contributed by atoms with Crippen LogP contribution in [-0.2, 0) is 30.9 Å². The summed E-state index contributed by atoms with van der Waals surface area (Å²) in [5.74, 6) is 0.774. The maximum atomic E-state index is 14.1. The molecule has 11 nitrogen and oxygen atoms in total. The molecule has 0 radical (unpaired) electrons. The minimum atomic E-state index is -4.71. The largest absolute Gasteiger partial charge is 0.491 e. The van der Waals surface area contributed by atoms with Crippen molar-refractivity contribution in [1.29, 1.82) is 0 Å². The Morgan fingerprint density at radius 2 is 1.88 bits per heavy atom. The van der Waals surface area contributed by atoms with Gasteiger partial charge in [-0.25, -0.2) is 14.8 Å². The average Bonchev–Trinajstić information content (AvgIpc) is 3.62. The van der Waals surface area contributed by atoms with Crippen molar-refractivity contribution in [3.05, 3.63) is 76.8 Å². The van der Waals surface area contributed by atoms with Gasteiger partial charge < -0.3 is 23.8 Å². The number of benzene rings is 1. The second kappa shape index (κ2) is 13.6. The van der Waals surface area contributed by atoms with Crippen LogP contribution in [0.2, 0.25) is 0 Å². The van der Waals surface area contributed by atoms with Crippen LogP contribution < -0.4 is 9.64 Å². The first kappa shape index (κ1) is 34.0. The number of fused-ring (bicyclic) bond motifs is 1. The summed E-state index contributed by atoms with van der Waals surface area (Å²) < 4.78 is 56.8. The molecule has 1 amide bonds. The number of nitrogens with zero attached hydrogens (tertiary/aromatic N) is 7. The number of amides is 1. The highest BCUT2D eigenvalue weighted by molar-refractivity contribution is 6.04. The van der Waals surface area contributed by atoms with E-state index in [4.69, 9.17) is 14.5 Å². The molecule has 6 rings (SSSR count). The molecule has 2 aliphatic rings. The molecular weight excluding hydrogens is 639 g/mol. The summed E-state index contributed by atoms with van der Waals surface area (Å²) in [5.41, 5.74) is 1.50. The number of carbonyl (C=O) groups excluding carboxylic acids is 2. The fourth-order valence-corrected chi connectivity index (χ4v) is 6.29. The van der Waals surface area contributed by atoms with Crippen LogP contribution in [0.25, 0.3) is 11.1 Å². The molecule has 0 saturated carbocycles. The third kappa shape index (κ3) is 7.13. The Balaban J connectivity index is 1.24. The number of aromatic nitrogens is 5. The third-order valence-corrected chi connectivity index (χ3v) is 9.09. The monoisotopic (exact) mass is 679 g/mol. The second-order valence-electron chi connectivity index (χ2n) is 12.9. The predicted molar refractivity (Wildman–Crippen MR) is 176 cm³/mol. The molecule has 2 aliphatic heterocycles. The van der Waals surface area contributed by atoms with E-state index in [0.717, 1.165) is 34.7 Å². The van der Waals surface area contributed by atoms with Gasteiger partial charge in [-0.3, -0.25) is 9.48 Å². The summed E-state index contributed by atoms with van der Waals surface area (Å²) in [6.07, 6.45) is 1.74. The molecule has 1 aromatic carbocycles. The molecule has 0 spiro atoms. The van der Waals surface area contributed by atoms with Crippen LogP contribution in [0.3, 0.4) is 0 Å². The van der Waals surface area contributed by atoms with Crippen LogP contribution in [0.15, 0.2) is 42.9 Å². The van der Waals surface area contributed by atoms with Gasteiger partial charge in [0, 0.05) is 75.6 Å². The second-order valence-corrected chi connectivity index (χ2v) is 12.9. The number of unbranched alkanes of at least 4 members (excludes halogenated alkanes) is 1. The van der Waals surface area contributed by atoms with Crippen molar-refractivity contribution in [3.63, 3.8) is 0 Å². The van der Waals surface area contributed by atoms with Crippen molar-refractivity contribution in [3.8, 4) is 16.9 Å². The Kier molecular flexibility index (Phi) is 9.41. The van der Waals surface area contributed by atoms with Gasteiger partial charge in [0.2, 0.25) is 0 Å². The number of halogens is 3. The van der Waals surface area contributed by atoms with Crippen molar-refractivity contribution >= 4 is 17.7 Å². The van der Waals surface area contributed by atoms with Crippen molar-refractivity contribution in [2.24, 2.45) is 13.0 Å². The summed E-state index contributed by atoms with van der Waals surface area (Å²) in [6.45, 7) is 7.72. The van der Waals surface area contributed by atoms with Gasteiger partial charge in [-0.1, -0.05) is 13.3 Å². The molecule has 0 N–H and O–H groups in total. The van der Waals surface area contributed by atoms with Gasteiger partial charge in [-0.15, -0.1) is 0 Å². The minimum absolute atomic E-state index is 0.00288. The van der Waals surface area contributed by atoms with E-state index < -0.39 is 17.8 Å². The lowest BCUT2D eigenvalue weighted by Crippen LogP contribution is -2.60. The molecule has 260 valence electrons. The normalized spacial score (nSPS) is 16.3. The molecule has 0 bridgehead atoms. The third-order valence-electron chi connectivity index (χ3n) is 9.09. The number of Topliss-reactive ketones (excluding diaryl/α,β-unsaturated/α-hetero) is 1. The minimum Gasteiger partial charge on any atom is -0.491 e. The predicted octanol–water partition coefficient (Wildman–Crippen LogP) is 5.85. The number of rotatable bonds is 10.